The van der Waals surface area contributed by atoms with Crippen molar-refractivity contribution in [3.63, 3.8) is 0 Å². The van der Waals surface area contributed by atoms with Gasteiger partial charge in [-0.25, -0.2) is 4.79 Å². The van der Waals surface area contributed by atoms with Crippen LogP contribution in [0, 0.1) is 5.92 Å². The van der Waals surface area contributed by atoms with Gasteiger partial charge in [0.1, 0.15) is 11.7 Å². The number of carbonyl (C=O) groups excluding carboxylic acids is 3. The Bertz CT molecular complexity index is 2340. The van der Waals surface area contributed by atoms with Gasteiger partial charge in [-0.3, -0.25) is 38.5 Å². The summed E-state index contributed by atoms with van der Waals surface area (Å²) in [4.78, 5) is 59.6. The number of benzene rings is 2. The maximum Gasteiger partial charge on any atom is 0.329 e. The third-order valence-electron chi connectivity index (χ3n) is 12.3. The van der Waals surface area contributed by atoms with Crippen molar-refractivity contribution in [2.75, 3.05) is 36.9 Å². The number of hydrogen-bond donors (Lipinski definition) is 3. The molecule has 14 nitrogen and oxygen atoms in total. The van der Waals surface area contributed by atoms with Crippen molar-refractivity contribution in [2.45, 2.75) is 88.9 Å². The Morgan fingerprint density at radius 1 is 0.982 bits per heavy atom. The smallest absolute Gasteiger partial charge is 0.329 e. The maximum atomic E-state index is 13.2. The number of fused-ring (bicyclic) bond motifs is 2. The standard InChI is InChI=1S/C42H51N9O5/c1-42(2,56)31-23-33-27(21-34(31)44-39(53)32-7-5-6-18-43-32)25-50(46-33)29-10-8-26(9-11-29)24-47(3)28-16-19-49(20-17-28)30-12-13-35-37(22-30)48(4)41(55)51(35)36-14-15-38(52)45-40(36)54/h5-7,12-13,18,21-23,25-26,28-29,36,56H,8-11,14-17,19-20,24H2,1-4H3,(H,44,53)(H,45,52,54)/t26-,29-,36?. The lowest BCUT2D eigenvalue weighted by molar-refractivity contribution is -0.135. The number of anilines is 2. The van der Waals surface area contributed by atoms with Crippen molar-refractivity contribution >= 4 is 51.0 Å². The number of amides is 3. The molecule has 294 valence electrons. The predicted molar refractivity (Wildman–Crippen MR) is 215 cm³/mol. The molecular formula is C42H51N9O5. The summed E-state index contributed by atoms with van der Waals surface area (Å²) < 4.78 is 5.21. The number of imidazole rings is 1. The van der Waals surface area contributed by atoms with Gasteiger partial charge in [-0.1, -0.05) is 6.07 Å². The van der Waals surface area contributed by atoms with Gasteiger partial charge in [0.2, 0.25) is 11.8 Å². The molecule has 3 fully saturated rings. The van der Waals surface area contributed by atoms with Gasteiger partial charge in [-0.2, -0.15) is 5.10 Å². The molecule has 8 rings (SSSR count). The first-order valence-electron chi connectivity index (χ1n) is 19.8. The highest BCUT2D eigenvalue weighted by molar-refractivity contribution is 6.04. The minimum absolute atomic E-state index is 0.219. The van der Waals surface area contributed by atoms with Crippen LogP contribution < -0.4 is 21.2 Å². The summed E-state index contributed by atoms with van der Waals surface area (Å²) in [5, 5.41) is 22.2. The van der Waals surface area contributed by atoms with E-state index in [2.05, 4.69) is 49.4 Å². The van der Waals surface area contributed by atoms with Crippen LogP contribution in [0.1, 0.15) is 93.3 Å². The van der Waals surface area contributed by atoms with Crippen molar-refractivity contribution in [3.05, 3.63) is 82.7 Å². The molecule has 0 spiro atoms. The number of nitrogens with one attached hydrogen (secondary N) is 2. The van der Waals surface area contributed by atoms with E-state index in [1.54, 1.807) is 49.9 Å². The molecule has 1 saturated carbocycles. The van der Waals surface area contributed by atoms with Crippen LogP contribution in [0.15, 0.2) is 65.7 Å². The first kappa shape index (κ1) is 37.6. The second-order valence-corrected chi connectivity index (χ2v) is 16.5. The fraction of sp³-hybridized carbons (Fsp3) is 0.476. The molecule has 0 radical (unpaired) electrons. The monoisotopic (exact) mass is 761 g/mol. The highest BCUT2D eigenvalue weighted by Crippen LogP contribution is 2.37. The number of rotatable bonds is 9. The summed E-state index contributed by atoms with van der Waals surface area (Å²) >= 11 is 0. The molecule has 5 aromatic rings. The number of hydrogen-bond acceptors (Lipinski definition) is 9. The first-order valence-corrected chi connectivity index (χ1v) is 19.8. The van der Waals surface area contributed by atoms with Gasteiger partial charge in [0.05, 0.1) is 28.2 Å². The van der Waals surface area contributed by atoms with Gasteiger partial charge in [0, 0.05) is 73.9 Å². The zero-order valence-corrected chi connectivity index (χ0v) is 32.6. The van der Waals surface area contributed by atoms with Crippen molar-refractivity contribution in [2.24, 2.45) is 13.0 Å². The SMILES string of the molecule is CN(C[C@H]1CC[C@H](n2cc3cc(NC(=O)c4ccccn4)c(C(C)(C)O)cc3n2)CC1)C1CCN(c2ccc3c(c2)n(C)c(=O)n3C2CCC(=O)NC2=O)CC1. The molecule has 3 amide bonds. The van der Waals surface area contributed by atoms with Crippen LogP contribution in [0.2, 0.25) is 0 Å². The first-order chi connectivity index (χ1) is 26.8. The van der Waals surface area contributed by atoms with Crippen LogP contribution in [0.5, 0.6) is 0 Å². The highest BCUT2D eigenvalue weighted by Gasteiger charge is 2.33. The molecule has 0 bridgehead atoms. The van der Waals surface area contributed by atoms with E-state index in [9.17, 15) is 24.3 Å². The quantitative estimate of drug-likeness (QED) is 0.178. The number of pyridine rings is 1. The number of piperidine rings is 2. The van der Waals surface area contributed by atoms with Crippen LogP contribution in [0.3, 0.4) is 0 Å². The van der Waals surface area contributed by atoms with Gasteiger partial charge in [0.15, 0.2) is 0 Å². The van der Waals surface area contributed by atoms with E-state index in [1.807, 2.05) is 24.3 Å². The van der Waals surface area contributed by atoms with Gasteiger partial charge in [-0.15, -0.1) is 0 Å². The summed E-state index contributed by atoms with van der Waals surface area (Å²) in [7, 11) is 4.00. The minimum Gasteiger partial charge on any atom is -0.386 e. The Morgan fingerprint density at radius 3 is 2.45 bits per heavy atom. The van der Waals surface area contributed by atoms with Gasteiger partial charge >= 0.3 is 5.69 Å². The van der Waals surface area contributed by atoms with E-state index in [0.717, 1.165) is 80.3 Å². The zero-order chi connectivity index (χ0) is 39.3. The minimum atomic E-state index is -1.19. The lowest BCUT2D eigenvalue weighted by Gasteiger charge is -2.40. The second kappa shape index (κ2) is 15.0. The number of aliphatic hydroxyl groups is 1. The molecule has 5 heterocycles. The van der Waals surface area contributed by atoms with Gasteiger partial charge < -0.3 is 20.2 Å². The molecule has 3 aliphatic rings. The third kappa shape index (κ3) is 7.35. The predicted octanol–water partition coefficient (Wildman–Crippen LogP) is 4.87. The number of imide groups is 1. The van der Waals surface area contributed by atoms with E-state index >= 15 is 0 Å². The molecule has 1 aliphatic carbocycles. The Balaban J connectivity index is 0.863. The summed E-state index contributed by atoms with van der Waals surface area (Å²) in [6.45, 7) is 6.33. The van der Waals surface area contributed by atoms with E-state index in [0.29, 0.717) is 46.9 Å². The molecule has 3 N–H and O–H groups in total. The van der Waals surface area contributed by atoms with Crippen molar-refractivity contribution in [1.82, 2.24) is 34.1 Å². The van der Waals surface area contributed by atoms with Crippen molar-refractivity contribution < 1.29 is 19.5 Å². The lowest BCUT2D eigenvalue weighted by Crippen LogP contribution is -2.45. The molecule has 2 aliphatic heterocycles. The van der Waals surface area contributed by atoms with Crippen LogP contribution in [0.25, 0.3) is 21.9 Å². The number of carbonyl (C=O) groups is 3. The van der Waals surface area contributed by atoms with E-state index in [4.69, 9.17) is 5.10 Å². The topological polar surface area (TPSA) is 160 Å². The largest absolute Gasteiger partial charge is 0.386 e. The maximum absolute atomic E-state index is 13.2. The second-order valence-electron chi connectivity index (χ2n) is 16.5. The molecule has 2 saturated heterocycles. The lowest BCUT2D eigenvalue weighted by atomic mass is 9.85. The molecule has 14 heteroatoms. The van der Waals surface area contributed by atoms with Crippen LogP contribution in [-0.2, 0) is 22.2 Å². The number of aryl methyl sites for hydroxylation is 1. The van der Waals surface area contributed by atoms with E-state index in [-0.39, 0.29) is 23.9 Å². The molecule has 3 aromatic heterocycles. The third-order valence-corrected chi connectivity index (χ3v) is 12.3. The van der Waals surface area contributed by atoms with Crippen molar-refractivity contribution in [1.29, 1.82) is 0 Å². The average molecular weight is 762 g/mol. The van der Waals surface area contributed by atoms with Crippen LogP contribution in [-0.4, -0.2) is 84.4 Å². The molecule has 1 atom stereocenters. The summed E-state index contributed by atoms with van der Waals surface area (Å²) in [5.41, 5.74) is 3.37. The van der Waals surface area contributed by atoms with E-state index < -0.39 is 17.6 Å². The molecule has 2 aromatic carbocycles. The molecule has 56 heavy (non-hydrogen) atoms. The summed E-state index contributed by atoms with van der Waals surface area (Å²) in [6, 6.07) is 15.1. The van der Waals surface area contributed by atoms with Crippen LogP contribution in [0.4, 0.5) is 11.4 Å². The van der Waals surface area contributed by atoms with Gasteiger partial charge in [0.25, 0.3) is 5.91 Å². The Morgan fingerprint density at radius 2 is 1.75 bits per heavy atom. The number of aromatic nitrogens is 5. The Labute approximate surface area is 325 Å². The fourth-order valence-electron chi connectivity index (χ4n) is 9.06. The normalized spacial score (nSPS) is 21.2. The van der Waals surface area contributed by atoms with E-state index in [1.165, 1.54) is 4.57 Å². The average Bonchev–Trinajstić information content (AvgIpc) is 3.72. The summed E-state index contributed by atoms with van der Waals surface area (Å²) in [6.07, 6.45) is 10.6. The van der Waals surface area contributed by atoms with Crippen molar-refractivity contribution in [3.8, 4) is 0 Å². The highest BCUT2D eigenvalue weighted by atomic mass is 16.3. The van der Waals surface area contributed by atoms with Crippen LogP contribution >= 0.6 is 0 Å². The summed E-state index contributed by atoms with van der Waals surface area (Å²) in [5.74, 6) is -0.432. The zero-order valence-electron chi connectivity index (χ0n) is 32.6. The van der Waals surface area contributed by atoms with Gasteiger partial charge in [-0.05, 0) is 114 Å². The number of nitrogens with zero attached hydrogens (tertiary/aromatic N) is 7. The molecule has 1 unspecified atom stereocenters. The molecular weight excluding hydrogens is 711 g/mol. The Hall–Kier alpha value is -5.34. The fourth-order valence-corrected chi connectivity index (χ4v) is 9.06. The Kier molecular flexibility index (Phi) is 10.0.